The molecule has 1 aliphatic carbocycles. The lowest BCUT2D eigenvalue weighted by molar-refractivity contribution is 0.168. The Bertz CT molecular complexity index is 425. The van der Waals surface area contributed by atoms with Crippen LogP contribution >= 0.6 is 0 Å². The minimum absolute atomic E-state index is 0.691. The fraction of sp³-hybridized carbons (Fsp3) is 0.647. The molecule has 19 heavy (non-hydrogen) atoms. The molecule has 1 aliphatic heterocycles. The summed E-state index contributed by atoms with van der Waals surface area (Å²) in [6.07, 6.45) is 5.34. The Morgan fingerprint density at radius 2 is 2.11 bits per heavy atom. The van der Waals surface area contributed by atoms with E-state index in [0.29, 0.717) is 12.1 Å². The number of hydrogen-bond donors (Lipinski definition) is 1. The third kappa shape index (κ3) is 3.37. The lowest BCUT2D eigenvalue weighted by Gasteiger charge is -2.35. The van der Waals surface area contributed by atoms with E-state index in [9.17, 15) is 0 Å². The highest BCUT2D eigenvalue weighted by Crippen LogP contribution is 2.40. The van der Waals surface area contributed by atoms with Crippen molar-refractivity contribution in [2.45, 2.75) is 57.2 Å². The van der Waals surface area contributed by atoms with E-state index in [4.69, 9.17) is 0 Å². The first-order valence-corrected chi connectivity index (χ1v) is 7.75. The maximum absolute atomic E-state index is 3.75. The molecule has 1 saturated carbocycles. The first-order chi connectivity index (χ1) is 9.22. The molecular formula is C17H26N2. The van der Waals surface area contributed by atoms with Crippen LogP contribution in [0.25, 0.3) is 0 Å². The van der Waals surface area contributed by atoms with Gasteiger partial charge in [-0.25, -0.2) is 0 Å². The van der Waals surface area contributed by atoms with Gasteiger partial charge in [-0.05, 0) is 63.2 Å². The first-order valence-electron chi connectivity index (χ1n) is 7.75. The van der Waals surface area contributed by atoms with Crippen LogP contribution in [-0.4, -0.2) is 30.6 Å². The van der Waals surface area contributed by atoms with Crippen LogP contribution in [0.2, 0.25) is 0 Å². The van der Waals surface area contributed by atoms with Crippen LogP contribution in [0.15, 0.2) is 24.3 Å². The Balaban J connectivity index is 1.53. The molecule has 2 nitrogen and oxygen atoms in total. The molecule has 104 valence electrons. The van der Waals surface area contributed by atoms with Gasteiger partial charge in [0.1, 0.15) is 0 Å². The zero-order chi connectivity index (χ0) is 13.2. The van der Waals surface area contributed by atoms with Gasteiger partial charge >= 0.3 is 0 Å². The Morgan fingerprint density at radius 3 is 2.84 bits per heavy atom. The van der Waals surface area contributed by atoms with Crippen LogP contribution in [0.5, 0.6) is 0 Å². The molecule has 2 aliphatic rings. The number of likely N-dealkylation sites (tertiary alicyclic amines) is 1. The van der Waals surface area contributed by atoms with Gasteiger partial charge in [0.05, 0.1) is 0 Å². The molecule has 2 fully saturated rings. The normalized spacial score (nSPS) is 28.5. The van der Waals surface area contributed by atoms with Crippen molar-refractivity contribution < 1.29 is 0 Å². The summed E-state index contributed by atoms with van der Waals surface area (Å²) < 4.78 is 0. The number of benzene rings is 1. The minimum Gasteiger partial charge on any atom is -0.310 e. The van der Waals surface area contributed by atoms with E-state index in [1.165, 1.54) is 37.8 Å². The van der Waals surface area contributed by atoms with Gasteiger partial charge in [-0.2, -0.15) is 0 Å². The number of nitrogens with zero attached hydrogens (tertiary/aromatic N) is 1. The van der Waals surface area contributed by atoms with E-state index < -0.39 is 0 Å². The summed E-state index contributed by atoms with van der Waals surface area (Å²) in [5, 5.41) is 3.75. The Morgan fingerprint density at radius 1 is 1.26 bits per heavy atom. The first kappa shape index (κ1) is 13.1. The van der Waals surface area contributed by atoms with Crippen molar-refractivity contribution in [3.05, 3.63) is 35.4 Å². The fourth-order valence-electron chi connectivity index (χ4n) is 3.11. The molecule has 1 heterocycles. The molecule has 1 N–H and O–H groups in total. The number of nitrogens with one attached hydrogen (secondary N) is 1. The predicted octanol–water partition coefficient (Wildman–Crippen LogP) is 3.14. The Kier molecular flexibility index (Phi) is 3.90. The second-order valence-electron chi connectivity index (χ2n) is 6.45. The molecule has 2 unspecified atom stereocenters. The van der Waals surface area contributed by atoms with Crippen LogP contribution in [-0.2, 0) is 6.54 Å². The van der Waals surface area contributed by atoms with Gasteiger partial charge in [0.15, 0.2) is 0 Å². The molecule has 0 bridgehead atoms. The van der Waals surface area contributed by atoms with Crippen molar-refractivity contribution in [3.8, 4) is 0 Å². The molecular weight excluding hydrogens is 232 g/mol. The monoisotopic (exact) mass is 258 g/mol. The number of piperidine rings is 1. The van der Waals surface area contributed by atoms with E-state index in [1.807, 2.05) is 0 Å². The van der Waals surface area contributed by atoms with Gasteiger partial charge in [-0.1, -0.05) is 24.3 Å². The Hall–Kier alpha value is -0.860. The fourth-order valence-corrected chi connectivity index (χ4v) is 3.11. The highest BCUT2D eigenvalue weighted by Gasteiger charge is 2.24. The SMILES string of the molecule is CC1CC(NCc2cccc(C3CC3)c2)CCN1C. The standard InChI is InChI=1S/C17H26N2/c1-13-10-17(8-9-19(13)2)18-12-14-4-3-5-16(11-14)15-6-7-15/h3-5,11,13,15,17-18H,6-10,12H2,1-2H3. The van der Waals surface area contributed by atoms with E-state index in [1.54, 1.807) is 5.56 Å². The summed E-state index contributed by atoms with van der Waals surface area (Å²) in [6, 6.07) is 10.6. The topological polar surface area (TPSA) is 15.3 Å². The Labute approximate surface area is 117 Å². The molecule has 3 rings (SSSR count). The van der Waals surface area contributed by atoms with E-state index >= 15 is 0 Å². The quantitative estimate of drug-likeness (QED) is 0.892. The van der Waals surface area contributed by atoms with Crippen LogP contribution in [0.3, 0.4) is 0 Å². The van der Waals surface area contributed by atoms with Gasteiger partial charge in [-0.3, -0.25) is 0 Å². The third-order valence-corrected chi connectivity index (χ3v) is 4.80. The number of rotatable bonds is 4. The molecule has 1 saturated heterocycles. The average molecular weight is 258 g/mol. The zero-order valence-corrected chi connectivity index (χ0v) is 12.2. The summed E-state index contributed by atoms with van der Waals surface area (Å²) in [5.74, 6) is 0.864. The van der Waals surface area contributed by atoms with Crippen molar-refractivity contribution in [1.29, 1.82) is 0 Å². The summed E-state index contributed by atoms with van der Waals surface area (Å²) >= 11 is 0. The van der Waals surface area contributed by atoms with Crippen LogP contribution < -0.4 is 5.32 Å². The van der Waals surface area contributed by atoms with E-state index in [-0.39, 0.29) is 0 Å². The molecule has 2 atom stereocenters. The largest absolute Gasteiger partial charge is 0.310 e. The summed E-state index contributed by atoms with van der Waals surface area (Å²) in [4.78, 5) is 2.46. The lowest BCUT2D eigenvalue weighted by atomic mass is 9.98. The molecule has 0 aromatic heterocycles. The van der Waals surface area contributed by atoms with Gasteiger partial charge in [0, 0.05) is 18.6 Å². The maximum Gasteiger partial charge on any atom is 0.0208 e. The minimum atomic E-state index is 0.691. The van der Waals surface area contributed by atoms with Crippen molar-refractivity contribution >= 4 is 0 Å². The van der Waals surface area contributed by atoms with Crippen molar-refractivity contribution in [3.63, 3.8) is 0 Å². The lowest BCUT2D eigenvalue weighted by Crippen LogP contribution is -2.45. The van der Waals surface area contributed by atoms with Crippen LogP contribution in [0.1, 0.15) is 49.7 Å². The molecule has 0 spiro atoms. The second kappa shape index (κ2) is 5.64. The summed E-state index contributed by atoms with van der Waals surface area (Å²) in [5.41, 5.74) is 3.01. The molecule has 0 amide bonds. The second-order valence-corrected chi connectivity index (χ2v) is 6.45. The summed E-state index contributed by atoms with van der Waals surface area (Å²) in [6.45, 7) is 4.59. The van der Waals surface area contributed by atoms with Crippen molar-refractivity contribution in [2.24, 2.45) is 0 Å². The van der Waals surface area contributed by atoms with Crippen LogP contribution in [0.4, 0.5) is 0 Å². The summed E-state index contributed by atoms with van der Waals surface area (Å²) in [7, 11) is 2.24. The average Bonchev–Trinajstić information content (AvgIpc) is 3.25. The maximum atomic E-state index is 3.75. The van der Waals surface area contributed by atoms with E-state index in [0.717, 1.165) is 12.5 Å². The smallest absolute Gasteiger partial charge is 0.0208 e. The van der Waals surface area contributed by atoms with Gasteiger partial charge in [0.25, 0.3) is 0 Å². The van der Waals surface area contributed by atoms with Gasteiger partial charge in [-0.15, -0.1) is 0 Å². The van der Waals surface area contributed by atoms with Crippen molar-refractivity contribution in [1.82, 2.24) is 10.2 Å². The molecule has 1 aromatic rings. The molecule has 2 heteroatoms. The molecule has 0 radical (unpaired) electrons. The highest BCUT2D eigenvalue weighted by molar-refractivity contribution is 5.29. The number of hydrogen-bond acceptors (Lipinski definition) is 2. The zero-order valence-electron chi connectivity index (χ0n) is 12.2. The van der Waals surface area contributed by atoms with Gasteiger partial charge in [0.2, 0.25) is 0 Å². The van der Waals surface area contributed by atoms with Gasteiger partial charge < -0.3 is 10.2 Å². The van der Waals surface area contributed by atoms with Crippen molar-refractivity contribution in [2.75, 3.05) is 13.6 Å². The van der Waals surface area contributed by atoms with Crippen LogP contribution in [0, 0.1) is 0 Å². The van der Waals surface area contributed by atoms with E-state index in [2.05, 4.69) is 48.5 Å². The highest BCUT2D eigenvalue weighted by atomic mass is 15.1. The predicted molar refractivity (Wildman–Crippen MR) is 80.4 cm³/mol. The third-order valence-electron chi connectivity index (χ3n) is 4.80. The molecule has 1 aromatic carbocycles.